The summed E-state index contributed by atoms with van der Waals surface area (Å²) in [6, 6.07) is 15.3. The summed E-state index contributed by atoms with van der Waals surface area (Å²) in [7, 11) is 3.25. The van der Waals surface area contributed by atoms with Gasteiger partial charge in [-0.05, 0) is 66.1 Å². The van der Waals surface area contributed by atoms with Crippen molar-refractivity contribution in [2.75, 3.05) is 20.8 Å². The number of carbonyl (C=O) groups is 2. The summed E-state index contributed by atoms with van der Waals surface area (Å²) in [6.07, 6.45) is 6.64. The number of ether oxygens (including phenoxy) is 2. The average molecular weight is 478 g/mol. The SMILES string of the molecule is CCCCCCCCN1C(=O)c2c(-c3ccc(OC)cc3)sc(-c3ccc(OC)cc3)c2C1=O. The Balaban J connectivity index is 1.68. The molecule has 0 unspecified atom stereocenters. The number of thiophene rings is 1. The van der Waals surface area contributed by atoms with Crippen molar-refractivity contribution in [3.05, 3.63) is 59.7 Å². The number of benzene rings is 2. The molecule has 6 heteroatoms. The molecule has 2 heterocycles. The van der Waals surface area contributed by atoms with E-state index in [2.05, 4.69) is 6.92 Å². The molecular formula is C28H31NO4S. The lowest BCUT2D eigenvalue weighted by molar-refractivity contribution is 0.0652. The van der Waals surface area contributed by atoms with Crippen LogP contribution in [0.5, 0.6) is 11.5 Å². The molecule has 1 aliphatic rings. The van der Waals surface area contributed by atoms with E-state index in [-0.39, 0.29) is 11.8 Å². The number of nitrogens with zero attached hydrogens (tertiary/aromatic N) is 1. The lowest BCUT2D eigenvalue weighted by Gasteiger charge is -2.15. The largest absolute Gasteiger partial charge is 0.497 e. The van der Waals surface area contributed by atoms with Gasteiger partial charge in [-0.2, -0.15) is 0 Å². The molecule has 1 aromatic heterocycles. The fraction of sp³-hybridized carbons (Fsp3) is 0.357. The number of unbranched alkanes of at least 4 members (excludes halogenated alkanes) is 5. The molecule has 34 heavy (non-hydrogen) atoms. The van der Waals surface area contributed by atoms with Crippen LogP contribution in [-0.2, 0) is 0 Å². The minimum Gasteiger partial charge on any atom is -0.497 e. The fourth-order valence-corrected chi connectivity index (χ4v) is 5.64. The number of hydrogen-bond donors (Lipinski definition) is 0. The van der Waals surface area contributed by atoms with E-state index in [1.807, 2.05) is 48.5 Å². The first-order valence-corrected chi connectivity index (χ1v) is 12.7. The third kappa shape index (κ3) is 4.73. The summed E-state index contributed by atoms with van der Waals surface area (Å²) in [5, 5.41) is 0. The Morgan fingerprint density at radius 1 is 0.676 bits per heavy atom. The van der Waals surface area contributed by atoms with Crippen molar-refractivity contribution in [1.29, 1.82) is 0 Å². The molecule has 0 aliphatic carbocycles. The van der Waals surface area contributed by atoms with E-state index >= 15 is 0 Å². The van der Waals surface area contributed by atoms with Crippen molar-refractivity contribution in [2.24, 2.45) is 0 Å². The zero-order chi connectivity index (χ0) is 24.1. The van der Waals surface area contributed by atoms with Gasteiger partial charge in [0.05, 0.1) is 25.3 Å². The van der Waals surface area contributed by atoms with Crippen molar-refractivity contribution in [1.82, 2.24) is 4.90 Å². The van der Waals surface area contributed by atoms with Crippen LogP contribution in [0.15, 0.2) is 48.5 Å². The van der Waals surface area contributed by atoms with Crippen molar-refractivity contribution < 1.29 is 19.1 Å². The monoisotopic (exact) mass is 477 g/mol. The molecule has 2 aromatic carbocycles. The summed E-state index contributed by atoms with van der Waals surface area (Å²) < 4.78 is 10.6. The summed E-state index contributed by atoms with van der Waals surface area (Å²) in [5.41, 5.74) is 2.86. The van der Waals surface area contributed by atoms with Crippen LogP contribution in [0.2, 0.25) is 0 Å². The zero-order valence-electron chi connectivity index (χ0n) is 20.1. The van der Waals surface area contributed by atoms with Crippen LogP contribution in [0.1, 0.15) is 66.2 Å². The molecule has 0 bridgehead atoms. The lowest BCUT2D eigenvalue weighted by atomic mass is 10.0. The topological polar surface area (TPSA) is 55.8 Å². The minimum absolute atomic E-state index is 0.185. The van der Waals surface area contributed by atoms with Crippen LogP contribution in [0, 0.1) is 0 Å². The van der Waals surface area contributed by atoms with Gasteiger partial charge in [-0.25, -0.2) is 0 Å². The molecule has 5 nitrogen and oxygen atoms in total. The number of amides is 2. The lowest BCUT2D eigenvalue weighted by Crippen LogP contribution is -2.31. The van der Waals surface area contributed by atoms with Crippen LogP contribution in [0.4, 0.5) is 0 Å². The second-order valence-corrected chi connectivity index (χ2v) is 9.52. The molecule has 0 radical (unpaired) electrons. The molecule has 0 atom stereocenters. The highest BCUT2D eigenvalue weighted by Gasteiger charge is 2.41. The first-order chi connectivity index (χ1) is 16.6. The number of rotatable bonds is 11. The summed E-state index contributed by atoms with van der Waals surface area (Å²) >= 11 is 1.49. The zero-order valence-corrected chi connectivity index (χ0v) is 20.9. The minimum atomic E-state index is -0.185. The maximum absolute atomic E-state index is 13.5. The maximum atomic E-state index is 13.5. The molecule has 4 rings (SSSR count). The van der Waals surface area contributed by atoms with E-state index < -0.39 is 0 Å². The van der Waals surface area contributed by atoms with Gasteiger partial charge in [-0.3, -0.25) is 14.5 Å². The smallest absolute Gasteiger partial charge is 0.263 e. The number of methoxy groups -OCH3 is 2. The quantitative estimate of drug-likeness (QED) is 0.219. The van der Waals surface area contributed by atoms with Gasteiger partial charge in [0.25, 0.3) is 11.8 Å². The van der Waals surface area contributed by atoms with Gasteiger partial charge in [0.2, 0.25) is 0 Å². The van der Waals surface area contributed by atoms with Gasteiger partial charge in [0.15, 0.2) is 0 Å². The molecule has 178 valence electrons. The van der Waals surface area contributed by atoms with Crippen LogP contribution >= 0.6 is 11.3 Å². The molecule has 0 fully saturated rings. The predicted octanol–water partition coefficient (Wildman–Crippen LogP) is 7.06. The van der Waals surface area contributed by atoms with E-state index in [4.69, 9.17) is 9.47 Å². The number of fused-ring (bicyclic) bond motifs is 1. The van der Waals surface area contributed by atoms with Crippen molar-refractivity contribution in [2.45, 2.75) is 45.4 Å². The van der Waals surface area contributed by atoms with E-state index in [9.17, 15) is 9.59 Å². The highest BCUT2D eigenvalue weighted by Crippen LogP contribution is 2.46. The molecule has 0 saturated heterocycles. The summed E-state index contributed by atoms with van der Waals surface area (Å²) in [4.78, 5) is 30.1. The van der Waals surface area contributed by atoms with Gasteiger partial charge in [0, 0.05) is 16.3 Å². The van der Waals surface area contributed by atoms with E-state index in [0.29, 0.717) is 17.7 Å². The van der Waals surface area contributed by atoms with Crippen molar-refractivity contribution >= 4 is 23.2 Å². The molecule has 1 aliphatic heterocycles. The van der Waals surface area contributed by atoms with Crippen LogP contribution in [-0.4, -0.2) is 37.5 Å². The third-order valence-corrected chi connectivity index (χ3v) is 7.55. The van der Waals surface area contributed by atoms with Crippen molar-refractivity contribution in [3.63, 3.8) is 0 Å². The van der Waals surface area contributed by atoms with Gasteiger partial charge in [-0.15, -0.1) is 11.3 Å². The van der Waals surface area contributed by atoms with Gasteiger partial charge < -0.3 is 9.47 Å². The highest BCUT2D eigenvalue weighted by molar-refractivity contribution is 7.20. The number of carbonyl (C=O) groups excluding carboxylic acids is 2. The average Bonchev–Trinajstić information content (AvgIpc) is 3.38. The maximum Gasteiger partial charge on any atom is 0.263 e. The van der Waals surface area contributed by atoms with Gasteiger partial charge in [0.1, 0.15) is 11.5 Å². The number of hydrogen-bond acceptors (Lipinski definition) is 5. The molecule has 0 spiro atoms. The van der Waals surface area contributed by atoms with E-state index in [1.165, 1.54) is 35.5 Å². The third-order valence-electron chi connectivity index (χ3n) is 6.27. The normalized spacial score (nSPS) is 12.9. The molecule has 0 N–H and O–H groups in total. The Morgan fingerprint density at radius 2 is 1.12 bits per heavy atom. The molecular weight excluding hydrogens is 446 g/mol. The Labute approximate surface area is 205 Å². The first-order valence-electron chi connectivity index (χ1n) is 11.9. The second-order valence-electron chi connectivity index (χ2n) is 8.50. The van der Waals surface area contributed by atoms with E-state index in [1.54, 1.807) is 14.2 Å². The first kappa shape index (κ1) is 24.0. The van der Waals surface area contributed by atoms with Crippen LogP contribution in [0.3, 0.4) is 0 Å². The van der Waals surface area contributed by atoms with E-state index in [0.717, 1.165) is 51.6 Å². The van der Waals surface area contributed by atoms with Crippen molar-refractivity contribution in [3.8, 4) is 32.4 Å². The highest BCUT2D eigenvalue weighted by atomic mass is 32.1. The molecule has 0 saturated carbocycles. The Morgan fingerprint density at radius 3 is 1.56 bits per heavy atom. The van der Waals surface area contributed by atoms with Crippen LogP contribution < -0.4 is 9.47 Å². The molecule has 2 amide bonds. The van der Waals surface area contributed by atoms with Gasteiger partial charge >= 0.3 is 0 Å². The standard InChI is InChI=1S/C28H31NO4S/c1-4-5-6-7-8-9-18-29-27(30)23-24(28(29)31)26(20-12-16-22(33-3)17-13-20)34-25(23)19-10-14-21(32-2)15-11-19/h10-17H,4-9,18H2,1-3H3. The fourth-order valence-electron chi connectivity index (χ4n) is 4.35. The predicted molar refractivity (Wildman–Crippen MR) is 137 cm³/mol. The molecule has 3 aromatic rings. The Kier molecular flexibility index (Phi) is 7.68. The summed E-state index contributed by atoms with van der Waals surface area (Å²) in [6.45, 7) is 2.66. The summed E-state index contributed by atoms with van der Waals surface area (Å²) in [5.74, 6) is 1.13. The van der Waals surface area contributed by atoms with Crippen LogP contribution in [0.25, 0.3) is 20.9 Å². The Hall–Kier alpha value is -3.12. The number of imide groups is 1. The van der Waals surface area contributed by atoms with Gasteiger partial charge in [-0.1, -0.05) is 39.0 Å². The Bertz CT molecular complexity index is 1070. The second kappa shape index (κ2) is 10.9.